The molecule has 1 aliphatic rings. The maximum atomic E-state index is 6.13. The molecule has 1 aliphatic carbocycles. The molecule has 1 saturated carbocycles. The van der Waals surface area contributed by atoms with Crippen molar-refractivity contribution in [3.63, 3.8) is 0 Å². The summed E-state index contributed by atoms with van der Waals surface area (Å²) in [5, 5.41) is 0. The Morgan fingerprint density at radius 2 is 1.95 bits per heavy atom. The van der Waals surface area contributed by atoms with Gasteiger partial charge in [-0.2, -0.15) is 0 Å². The summed E-state index contributed by atoms with van der Waals surface area (Å²) in [5.41, 5.74) is 7.35. The van der Waals surface area contributed by atoms with Gasteiger partial charge in [0.05, 0.1) is 13.2 Å². The summed E-state index contributed by atoms with van der Waals surface area (Å²) in [4.78, 5) is 0. The van der Waals surface area contributed by atoms with Crippen molar-refractivity contribution in [1.29, 1.82) is 0 Å². The minimum atomic E-state index is 0.0291. The average molecular weight is 342 g/mol. The van der Waals surface area contributed by atoms with Gasteiger partial charge in [-0.1, -0.05) is 28.8 Å². The zero-order chi connectivity index (χ0) is 14.8. The third-order valence-electron chi connectivity index (χ3n) is 4.12. The monoisotopic (exact) mass is 341 g/mol. The SMILES string of the molecule is COc1cc(Br)cc(C2(CN)CCCC2)c1OC(C)C. The molecule has 0 aromatic heterocycles. The van der Waals surface area contributed by atoms with Crippen LogP contribution in [0.1, 0.15) is 45.1 Å². The van der Waals surface area contributed by atoms with Crippen LogP contribution in [0.15, 0.2) is 16.6 Å². The number of ether oxygens (including phenoxy) is 2. The van der Waals surface area contributed by atoms with Crippen LogP contribution in [0.4, 0.5) is 0 Å². The van der Waals surface area contributed by atoms with E-state index in [1.807, 2.05) is 19.9 Å². The van der Waals surface area contributed by atoms with Crippen LogP contribution in [-0.4, -0.2) is 19.8 Å². The molecule has 2 rings (SSSR count). The Hall–Kier alpha value is -0.740. The van der Waals surface area contributed by atoms with Crippen molar-refractivity contribution in [1.82, 2.24) is 0 Å². The summed E-state index contributed by atoms with van der Waals surface area (Å²) in [6, 6.07) is 4.11. The van der Waals surface area contributed by atoms with Gasteiger partial charge in [0.15, 0.2) is 11.5 Å². The zero-order valence-corrected chi connectivity index (χ0v) is 14.1. The van der Waals surface area contributed by atoms with E-state index in [1.165, 1.54) is 18.4 Å². The van der Waals surface area contributed by atoms with Gasteiger partial charge in [-0.3, -0.25) is 0 Å². The van der Waals surface area contributed by atoms with Crippen molar-refractivity contribution < 1.29 is 9.47 Å². The van der Waals surface area contributed by atoms with E-state index >= 15 is 0 Å². The summed E-state index contributed by atoms with van der Waals surface area (Å²) < 4.78 is 12.6. The number of methoxy groups -OCH3 is 1. The summed E-state index contributed by atoms with van der Waals surface area (Å²) in [6.45, 7) is 4.73. The highest BCUT2D eigenvalue weighted by Gasteiger charge is 2.38. The highest BCUT2D eigenvalue weighted by Crippen LogP contribution is 2.48. The first kappa shape index (κ1) is 15.6. The molecule has 0 heterocycles. The van der Waals surface area contributed by atoms with Gasteiger partial charge in [-0.15, -0.1) is 0 Å². The van der Waals surface area contributed by atoms with E-state index in [-0.39, 0.29) is 11.5 Å². The normalized spacial score (nSPS) is 17.5. The topological polar surface area (TPSA) is 44.5 Å². The van der Waals surface area contributed by atoms with Crippen molar-refractivity contribution in [3.8, 4) is 11.5 Å². The molecule has 1 fully saturated rings. The molecular formula is C16H24BrNO2. The van der Waals surface area contributed by atoms with Crippen LogP contribution in [0.2, 0.25) is 0 Å². The number of hydrogen-bond acceptors (Lipinski definition) is 3. The fourth-order valence-corrected chi connectivity index (χ4v) is 3.54. The summed E-state index contributed by atoms with van der Waals surface area (Å²) in [7, 11) is 1.68. The van der Waals surface area contributed by atoms with Gasteiger partial charge in [0.25, 0.3) is 0 Å². The van der Waals surface area contributed by atoms with E-state index in [2.05, 4.69) is 22.0 Å². The van der Waals surface area contributed by atoms with E-state index in [4.69, 9.17) is 15.2 Å². The Morgan fingerprint density at radius 3 is 2.45 bits per heavy atom. The molecular weight excluding hydrogens is 318 g/mol. The van der Waals surface area contributed by atoms with Crippen LogP contribution in [0.25, 0.3) is 0 Å². The van der Waals surface area contributed by atoms with E-state index in [0.717, 1.165) is 28.8 Å². The minimum Gasteiger partial charge on any atom is -0.493 e. The number of hydrogen-bond donors (Lipinski definition) is 1. The van der Waals surface area contributed by atoms with E-state index in [9.17, 15) is 0 Å². The lowest BCUT2D eigenvalue weighted by Gasteiger charge is -2.31. The predicted octanol–water partition coefficient (Wildman–Crippen LogP) is 4.02. The Balaban J connectivity index is 2.57. The minimum absolute atomic E-state index is 0.0291. The maximum absolute atomic E-state index is 6.13. The summed E-state index contributed by atoms with van der Waals surface area (Å²) in [6.07, 6.45) is 4.81. The Labute approximate surface area is 130 Å². The van der Waals surface area contributed by atoms with Gasteiger partial charge in [-0.05, 0) is 38.8 Å². The highest BCUT2D eigenvalue weighted by atomic mass is 79.9. The first-order chi connectivity index (χ1) is 9.52. The van der Waals surface area contributed by atoms with Crippen LogP contribution in [0.3, 0.4) is 0 Å². The fourth-order valence-electron chi connectivity index (χ4n) is 3.11. The third-order valence-corrected chi connectivity index (χ3v) is 4.57. The summed E-state index contributed by atoms with van der Waals surface area (Å²) in [5.74, 6) is 1.64. The van der Waals surface area contributed by atoms with E-state index in [1.54, 1.807) is 7.11 Å². The molecule has 4 heteroatoms. The fraction of sp³-hybridized carbons (Fsp3) is 0.625. The molecule has 0 unspecified atom stereocenters. The van der Waals surface area contributed by atoms with E-state index in [0.29, 0.717) is 6.54 Å². The molecule has 1 aromatic rings. The molecule has 2 N–H and O–H groups in total. The molecule has 1 aromatic carbocycles. The average Bonchev–Trinajstić information content (AvgIpc) is 2.89. The Bertz CT molecular complexity index is 468. The van der Waals surface area contributed by atoms with Crippen molar-refractivity contribution in [3.05, 3.63) is 22.2 Å². The van der Waals surface area contributed by atoms with Crippen molar-refractivity contribution in [2.45, 2.75) is 51.0 Å². The Kier molecular flexibility index (Phi) is 4.97. The molecule has 0 radical (unpaired) electrons. The lowest BCUT2D eigenvalue weighted by Crippen LogP contribution is -2.33. The molecule has 0 amide bonds. The Morgan fingerprint density at radius 1 is 1.30 bits per heavy atom. The summed E-state index contributed by atoms with van der Waals surface area (Å²) >= 11 is 3.58. The van der Waals surface area contributed by atoms with Gasteiger partial charge >= 0.3 is 0 Å². The number of rotatable bonds is 5. The van der Waals surface area contributed by atoms with Gasteiger partial charge < -0.3 is 15.2 Å². The maximum Gasteiger partial charge on any atom is 0.165 e. The van der Waals surface area contributed by atoms with Crippen LogP contribution in [0, 0.1) is 0 Å². The first-order valence-electron chi connectivity index (χ1n) is 7.27. The molecule has 0 atom stereocenters. The molecule has 0 bridgehead atoms. The van der Waals surface area contributed by atoms with Crippen molar-refractivity contribution in [2.24, 2.45) is 5.73 Å². The quantitative estimate of drug-likeness (QED) is 0.879. The molecule has 0 aliphatic heterocycles. The second kappa shape index (κ2) is 6.35. The molecule has 112 valence electrons. The third kappa shape index (κ3) is 2.96. The smallest absolute Gasteiger partial charge is 0.165 e. The molecule has 0 spiro atoms. The van der Waals surface area contributed by atoms with Gasteiger partial charge in [-0.25, -0.2) is 0 Å². The second-order valence-electron chi connectivity index (χ2n) is 5.84. The van der Waals surface area contributed by atoms with Gasteiger partial charge in [0.1, 0.15) is 0 Å². The highest BCUT2D eigenvalue weighted by molar-refractivity contribution is 9.10. The number of benzene rings is 1. The van der Waals surface area contributed by atoms with Crippen LogP contribution in [-0.2, 0) is 5.41 Å². The largest absolute Gasteiger partial charge is 0.493 e. The van der Waals surface area contributed by atoms with Crippen LogP contribution in [0.5, 0.6) is 11.5 Å². The molecule has 3 nitrogen and oxygen atoms in total. The van der Waals surface area contributed by atoms with Crippen LogP contribution >= 0.6 is 15.9 Å². The zero-order valence-electron chi connectivity index (χ0n) is 12.5. The number of halogens is 1. The predicted molar refractivity (Wildman–Crippen MR) is 85.7 cm³/mol. The van der Waals surface area contributed by atoms with E-state index < -0.39 is 0 Å². The lowest BCUT2D eigenvalue weighted by molar-refractivity contribution is 0.222. The van der Waals surface area contributed by atoms with Gasteiger partial charge in [0.2, 0.25) is 0 Å². The van der Waals surface area contributed by atoms with Gasteiger partial charge in [0, 0.05) is 22.0 Å². The standard InChI is InChI=1S/C16H24BrNO2/c1-11(2)20-15-13(8-12(17)9-14(15)19-3)16(10-18)6-4-5-7-16/h8-9,11H,4-7,10,18H2,1-3H3. The number of nitrogens with two attached hydrogens (primary N) is 1. The van der Waals surface area contributed by atoms with Crippen LogP contribution < -0.4 is 15.2 Å². The lowest BCUT2D eigenvalue weighted by atomic mass is 9.78. The van der Waals surface area contributed by atoms with Crippen molar-refractivity contribution in [2.75, 3.05) is 13.7 Å². The first-order valence-corrected chi connectivity index (χ1v) is 8.06. The molecule has 20 heavy (non-hydrogen) atoms. The molecule has 0 saturated heterocycles. The van der Waals surface area contributed by atoms with Crippen molar-refractivity contribution >= 4 is 15.9 Å². The second-order valence-corrected chi connectivity index (χ2v) is 6.76.